The molecule has 2 aliphatic heterocycles. The minimum atomic E-state index is -0.917. The number of carbonyl (C=O) groups is 3. The van der Waals surface area contributed by atoms with Crippen LogP contribution in [0.25, 0.3) is 0 Å². The summed E-state index contributed by atoms with van der Waals surface area (Å²) in [6, 6.07) is 10.9. The predicted octanol–water partition coefficient (Wildman–Crippen LogP) is 3.84. The van der Waals surface area contributed by atoms with Crippen molar-refractivity contribution >= 4 is 40.9 Å². The quantitative estimate of drug-likeness (QED) is 0.621. The number of likely N-dealkylation sites (N-methyl/N-ethyl adjacent to an activating group) is 1. The number of benzene rings is 2. The lowest BCUT2D eigenvalue weighted by molar-refractivity contribution is -0.148. The molecule has 0 spiro atoms. The molecule has 2 aromatic carbocycles. The Hall–Kier alpha value is -3.30. The van der Waals surface area contributed by atoms with E-state index in [4.69, 9.17) is 26.2 Å². The summed E-state index contributed by atoms with van der Waals surface area (Å²) < 4.78 is 11.8. The van der Waals surface area contributed by atoms with Gasteiger partial charge in [-0.2, -0.15) is 0 Å². The lowest BCUT2D eigenvalue weighted by Crippen LogP contribution is -2.53. The molecule has 1 saturated heterocycles. The standard InChI is InChI=1S/C23H24ClN3O6/c1-27-18-7-6-16(11-21(28)29)33-20(18)12-32-19-8-5-15(10-17(19)22(27)30)26-23(31)25-14-4-2-3-13(24)9-14/h2-5,8-10,16,18,20H,6-7,11-12H2,1H3,(H,28,29)(H2,25,26,31)/t16-,18+,20-/m1/s1. The summed E-state index contributed by atoms with van der Waals surface area (Å²) in [5.41, 5.74) is 1.29. The van der Waals surface area contributed by atoms with E-state index in [9.17, 15) is 14.4 Å². The molecule has 33 heavy (non-hydrogen) atoms. The highest BCUT2D eigenvalue weighted by Gasteiger charge is 2.39. The van der Waals surface area contributed by atoms with Gasteiger partial charge >= 0.3 is 12.0 Å². The summed E-state index contributed by atoms with van der Waals surface area (Å²) in [4.78, 5) is 38.2. The van der Waals surface area contributed by atoms with Gasteiger partial charge in [0.15, 0.2) is 0 Å². The Morgan fingerprint density at radius 3 is 2.64 bits per heavy atom. The highest BCUT2D eigenvalue weighted by atomic mass is 35.5. The monoisotopic (exact) mass is 473 g/mol. The molecule has 9 nitrogen and oxygen atoms in total. The molecule has 2 aliphatic rings. The van der Waals surface area contributed by atoms with Crippen LogP contribution in [0.5, 0.6) is 5.75 Å². The van der Waals surface area contributed by atoms with Gasteiger partial charge in [-0.1, -0.05) is 17.7 Å². The van der Waals surface area contributed by atoms with Crippen LogP contribution in [-0.2, 0) is 9.53 Å². The second-order valence-corrected chi connectivity index (χ2v) is 8.50. The number of aliphatic carboxylic acids is 1. The first-order chi connectivity index (χ1) is 15.8. The van der Waals surface area contributed by atoms with Crippen molar-refractivity contribution in [2.24, 2.45) is 0 Å². The molecule has 0 aromatic heterocycles. The first kappa shape index (κ1) is 22.9. The number of halogens is 1. The number of nitrogens with zero attached hydrogens (tertiary/aromatic N) is 1. The van der Waals surface area contributed by atoms with Crippen molar-refractivity contribution in [2.45, 2.75) is 37.5 Å². The van der Waals surface area contributed by atoms with E-state index in [-0.39, 0.29) is 25.0 Å². The molecule has 1 fully saturated rings. The van der Waals surface area contributed by atoms with E-state index in [1.165, 1.54) is 0 Å². The number of carboxylic acid groups (broad SMARTS) is 1. The molecule has 2 aromatic rings. The number of ether oxygens (including phenoxy) is 2. The third-order valence-electron chi connectivity index (χ3n) is 5.75. The maximum atomic E-state index is 13.2. The molecule has 10 heteroatoms. The Labute approximate surface area is 195 Å². The Bertz CT molecular complexity index is 1080. The Balaban J connectivity index is 1.48. The third kappa shape index (κ3) is 5.37. The van der Waals surface area contributed by atoms with Crippen LogP contribution in [-0.4, -0.2) is 59.8 Å². The van der Waals surface area contributed by atoms with Gasteiger partial charge < -0.3 is 30.1 Å². The molecule has 0 unspecified atom stereocenters. The minimum Gasteiger partial charge on any atom is -0.490 e. The zero-order valence-corrected chi connectivity index (χ0v) is 18.7. The molecule has 0 bridgehead atoms. The van der Waals surface area contributed by atoms with E-state index in [1.54, 1.807) is 54.4 Å². The molecule has 3 N–H and O–H groups in total. The Morgan fingerprint density at radius 2 is 1.91 bits per heavy atom. The number of hydrogen-bond donors (Lipinski definition) is 3. The van der Waals surface area contributed by atoms with Gasteiger partial charge in [-0.05, 0) is 49.2 Å². The number of fused-ring (bicyclic) bond motifs is 2. The number of carbonyl (C=O) groups excluding carboxylic acids is 2. The fourth-order valence-corrected chi connectivity index (χ4v) is 4.35. The summed E-state index contributed by atoms with van der Waals surface area (Å²) >= 11 is 5.94. The molecule has 0 saturated carbocycles. The van der Waals surface area contributed by atoms with Gasteiger partial charge in [0.25, 0.3) is 5.91 Å². The van der Waals surface area contributed by atoms with Crippen molar-refractivity contribution in [2.75, 3.05) is 24.3 Å². The average molecular weight is 474 g/mol. The summed E-state index contributed by atoms with van der Waals surface area (Å²) in [5, 5.41) is 15.0. The number of anilines is 2. The van der Waals surface area contributed by atoms with Gasteiger partial charge in [0.05, 0.1) is 24.1 Å². The van der Waals surface area contributed by atoms with Crippen molar-refractivity contribution in [3.63, 3.8) is 0 Å². The summed E-state index contributed by atoms with van der Waals surface area (Å²) in [5.74, 6) is -0.812. The van der Waals surface area contributed by atoms with Crippen LogP contribution >= 0.6 is 11.6 Å². The van der Waals surface area contributed by atoms with Crippen LogP contribution in [0.3, 0.4) is 0 Å². The summed E-state index contributed by atoms with van der Waals surface area (Å²) in [6.45, 7) is 0.188. The first-order valence-corrected chi connectivity index (χ1v) is 10.9. The molecule has 0 aliphatic carbocycles. The van der Waals surface area contributed by atoms with Gasteiger partial charge in [-0.25, -0.2) is 4.79 Å². The maximum absolute atomic E-state index is 13.2. The van der Waals surface area contributed by atoms with Crippen LogP contribution in [0.1, 0.15) is 29.6 Å². The van der Waals surface area contributed by atoms with Crippen LogP contribution in [0.15, 0.2) is 42.5 Å². The SMILES string of the molecule is CN1C(=O)c2cc(NC(=O)Nc3cccc(Cl)c3)ccc2OC[C@H]2O[C@@H](CC(=O)O)CC[C@@H]21. The van der Waals surface area contributed by atoms with Gasteiger partial charge in [0.2, 0.25) is 0 Å². The fourth-order valence-electron chi connectivity index (χ4n) is 4.16. The normalized spacial score (nSPS) is 22.2. The molecule has 3 amide bonds. The molecule has 174 valence electrons. The van der Waals surface area contributed by atoms with Gasteiger partial charge in [0.1, 0.15) is 18.5 Å². The zero-order chi connectivity index (χ0) is 23.5. The second-order valence-electron chi connectivity index (χ2n) is 8.07. The van der Waals surface area contributed by atoms with Crippen LogP contribution in [0.2, 0.25) is 5.02 Å². The topological polar surface area (TPSA) is 117 Å². The molecular weight excluding hydrogens is 450 g/mol. The molecule has 4 rings (SSSR count). The van der Waals surface area contributed by atoms with E-state index >= 15 is 0 Å². The zero-order valence-electron chi connectivity index (χ0n) is 17.9. The Morgan fingerprint density at radius 1 is 1.15 bits per heavy atom. The molecule has 3 atom stereocenters. The highest BCUT2D eigenvalue weighted by Crippen LogP contribution is 2.32. The van der Waals surface area contributed by atoms with Crippen LogP contribution in [0, 0.1) is 0 Å². The summed E-state index contributed by atoms with van der Waals surface area (Å²) in [7, 11) is 1.70. The van der Waals surface area contributed by atoms with Crippen LogP contribution in [0.4, 0.5) is 16.2 Å². The summed E-state index contributed by atoms with van der Waals surface area (Å²) in [6.07, 6.45) is 0.252. The number of rotatable bonds is 4. The van der Waals surface area contributed by atoms with E-state index in [0.29, 0.717) is 40.6 Å². The van der Waals surface area contributed by atoms with Crippen molar-refractivity contribution in [1.29, 1.82) is 0 Å². The highest BCUT2D eigenvalue weighted by molar-refractivity contribution is 6.30. The maximum Gasteiger partial charge on any atom is 0.323 e. The van der Waals surface area contributed by atoms with Gasteiger partial charge in [0, 0.05) is 23.4 Å². The number of nitrogens with one attached hydrogen (secondary N) is 2. The van der Waals surface area contributed by atoms with Crippen LogP contribution < -0.4 is 15.4 Å². The minimum absolute atomic E-state index is 0.0796. The van der Waals surface area contributed by atoms with E-state index < -0.39 is 24.2 Å². The predicted molar refractivity (Wildman–Crippen MR) is 122 cm³/mol. The number of hydrogen-bond acceptors (Lipinski definition) is 5. The number of urea groups is 1. The van der Waals surface area contributed by atoms with Crippen molar-refractivity contribution in [1.82, 2.24) is 4.90 Å². The largest absolute Gasteiger partial charge is 0.490 e. The lowest BCUT2D eigenvalue weighted by atomic mass is 9.94. The molecular formula is C23H24ClN3O6. The van der Waals surface area contributed by atoms with E-state index in [2.05, 4.69) is 10.6 Å². The van der Waals surface area contributed by atoms with Gasteiger partial charge in [-0.3, -0.25) is 9.59 Å². The van der Waals surface area contributed by atoms with Crippen molar-refractivity contribution < 1.29 is 29.0 Å². The number of carboxylic acids is 1. The van der Waals surface area contributed by atoms with E-state index in [1.807, 2.05) is 0 Å². The van der Waals surface area contributed by atoms with Gasteiger partial charge in [-0.15, -0.1) is 0 Å². The third-order valence-corrected chi connectivity index (χ3v) is 5.99. The first-order valence-electron chi connectivity index (χ1n) is 10.5. The van der Waals surface area contributed by atoms with Crippen molar-refractivity contribution in [3.8, 4) is 5.75 Å². The van der Waals surface area contributed by atoms with E-state index in [0.717, 1.165) is 0 Å². The number of amides is 3. The fraction of sp³-hybridized carbons (Fsp3) is 0.348. The average Bonchev–Trinajstić information content (AvgIpc) is 2.76. The molecule has 2 heterocycles. The second kappa shape index (κ2) is 9.68. The molecule has 0 radical (unpaired) electrons. The lowest BCUT2D eigenvalue weighted by Gasteiger charge is -2.42. The smallest absolute Gasteiger partial charge is 0.323 e. The van der Waals surface area contributed by atoms with Crippen molar-refractivity contribution in [3.05, 3.63) is 53.1 Å². The Kier molecular flexibility index (Phi) is 6.71.